The summed E-state index contributed by atoms with van der Waals surface area (Å²) < 4.78 is 0. The maximum atomic E-state index is 10.5. The standard InChI is InChI=1S/C5H10N4O4/c1-4(10)6-2-3-7-5(11)8-9(12)13/h2-3H2,1H3,(H,6,10)(H2,7,8,11). The van der Waals surface area contributed by atoms with Crippen LogP contribution in [-0.4, -0.2) is 30.1 Å². The van der Waals surface area contributed by atoms with Crippen molar-refractivity contribution in [2.75, 3.05) is 13.1 Å². The highest BCUT2D eigenvalue weighted by atomic mass is 16.7. The van der Waals surface area contributed by atoms with Crippen molar-refractivity contribution in [3.63, 3.8) is 0 Å². The van der Waals surface area contributed by atoms with Gasteiger partial charge in [-0.05, 0) is 0 Å². The van der Waals surface area contributed by atoms with Crippen LogP contribution >= 0.6 is 0 Å². The third-order valence-corrected chi connectivity index (χ3v) is 0.977. The number of hydrogen-bond donors (Lipinski definition) is 3. The zero-order valence-electron chi connectivity index (χ0n) is 6.99. The van der Waals surface area contributed by atoms with Crippen molar-refractivity contribution < 1.29 is 14.6 Å². The predicted molar refractivity (Wildman–Crippen MR) is 42.2 cm³/mol. The lowest BCUT2D eigenvalue weighted by molar-refractivity contribution is -0.527. The van der Waals surface area contributed by atoms with E-state index in [0.717, 1.165) is 0 Å². The third kappa shape index (κ3) is 8.04. The lowest BCUT2D eigenvalue weighted by atomic mass is 10.6. The summed E-state index contributed by atoms with van der Waals surface area (Å²) in [6.45, 7) is 1.71. The molecule has 8 heteroatoms. The van der Waals surface area contributed by atoms with Gasteiger partial charge in [0.05, 0.1) is 0 Å². The van der Waals surface area contributed by atoms with Gasteiger partial charge in [-0.3, -0.25) is 4.79 Å². The van der Waals surface area contributed by atoms with Crippen molar-refractivity contribution >= 4 is 11.9 Å². The fourth-order valence-electron chi connectivity index (χ4n) is 0.537. The van der Waals surface area contributed by atoms with E-state index in [1.54, 1.807) is 0 Å². The first-order chi connectivity index (χ1) is 6.02. The Morgan fingerprint density at radius 2 is 1.85 bits per heavy atom. The van der Waals surface area contributed by atoms with Crippen LogP contribution in [0.1, 0.15) is 6.92 Å². The molecule has 0 unspecified atom stereocenters. The molecule has 0 saturated heterocycles. The van der Waals surface area contributed by atoms with E-state index in [0.29, 0.717) is 0 Å². The van der Waals surface area contributed by atoms with Gasteiger partial charge in [-0.2, -0.15) is 0 Å². The molecule has 0 aromatic rings. The monoisotopic (exact) mass is 190 g/mol. The number of nitrogens with one attached hydrogen (secondary N) is 3. The summed E-state index contributed by atoms with van der Waals surface area (Å²) in [4.78, 5) is 30.6. The Morgan fingerprint density at radius 3 is 2.31 bits per heavy atom. The second kappa shape index (κ2) is 5.75. The Morgan fingerprint density at radius 1 is 1.31 bits per heavy atom. The molecule has 0 aliphatic rings. The Hall–Kier alpha value is -1.86. The molecule has 0 bridgehead atoms. The average molecular weight is 190 g/mol. The Bertz CT molecular complexity index is 217. The highest BCUT2D eigenvalue weighted by molar-refractivity contribution is 5.73. The highest BCUT2D eigenvalue weighted by Crippen LogP contribution is 1.65. The van der Waals surface area contributed by atoms with E-state index in [1.165, 1.54) is 12.3 Å². The summed E-state index contributed by atoms with van der Waals surface area (Å²) >= 11 is 0. The fraction of sp³-hybridized carbons (Fsp3) is 0.600. The van der Waals surface area contributed by atoms with E-state index in [4.69, 9.17) is 0 Å². The zero-order valence-corrected chi connectivity index (χ0v) is 6.99. The van der Waals surface area contributed by atoms with E-state index in [2.05, 4.69) is 10.6 Å². The maximum absolute atomic E-state index is 10.5. The summed E-state index contributed by atoms with van der Waals surface area (Å²) in [5.74, 6) is -0.225. The predicted octanol–water partition coefficient (Wildman–Crippen LogP) is -1.39. The number of nitrogens with zero attached hydrogens (tertiary/aromatic N) is 1. The van der Waals surface area contributed by atoms with Gasteiger partial charge >= 0.3 is 6.03 Å². The minimum atomic E-state index is -0.965. The molecule has 0 spiro atoms. The molecular weight excluding hydrogens is 180 g/mol. The first-order valence-electron chi connectivity index (χ1n) is 3.45. The molecule has 0 radical (unpaired) electrons. The number of hydrazine groups is 1. The van der Waals surface area contributed by atoms with E-state index < -0.39 is 11.1 Å². The van der Waals surface area contributed by atoms with Crippen molar-refractivity contribution in [3.05, 3.63) is 10.1 Å². The molecule has 0 saturated carbocycles. The average Bonchev–Trinajstić information content (AvgIpc) is 1.96. The van der Waals surface area contributed by atoms with Crippen molar-refractivity contribution in [3.8, 4) is 0 Å². The molecule has 0 heterocycles. The molecule has 74 valence electrons. The third-order valence-electron chi connectivity index (χ3n) is 0.977. The van der Waals surface area contributed by atoms with Crippen molar-refractivity contribution in [1.29, 1.82) is 0 Å². The minimum absolute atomic E-state index is 0.138. The normalized spacial score (nSPS) is 8.69. The van der Waals surface area contributed by atoms with Gasteiger partial charge in [-0.1, -0.05) is 5.43 Å². The second-order valence-electron chi connectivity index (χ2n) is 2.11. The van der Waals surface area contributed by atoms with E-state index in [-0.39, 0.29) is 19.0 Å². The smallest absolute Gasteiger partial charge is 0.355 e. The van der Waals surface area contributed by atoms with Gasteiger partial charge in [0.2, 0.25) is 5.91 Å². The molecule has 0 aliphatic heterocycles. The Labute approximate surface area is 73.8 Å². The molecule has 0 rings (SSSR count). The van der Waals surface area contributed by atoms with Crippen molar-refractivity contribution in [2.45, 2.75) is 6.92 Å². The lowest BCUT2D eigenvalue weighted by Gasteiger charge is -2.02. The topological polar surface area (TPSA) is 113 Å². The molecule has 0 aromatic carbocycles. The van der Waals surface area contributed by atoms with Gasteiger partial charge in [0.15, 0.2) is 5.03 Å². The Kier molecular flexibility index (Phi) is 4.93. The molecule has 0 fully saturated rings. The second-order valence-corrected chi connectivity index (χ2v) is 2.11. The number of carbonyl (C=O) groups is 2. The lowest BCUT2D eigenvalue weighted by Crippen LogP contribution is -2.42. The van der Waals surface area contributed by atoms with E-state index in [9.17, 15) is 19.7 Å². The van der Waals surface area contributed by atoms with Crippen LogP contribution in [0.4, 0.5) is 4.79 Å². The van der Waals surface area contributed by atoms with Crippen LogP contribution in [0.25, 0.3) is 0 Å². The van der Waals surface area contributed by atoms with Crippen molar-refractivity contribution in [2.24, 2.45) is 0 Å². The van der Waals surface area contributed by atoms with E-state index in [1.807, 2.05) is 0 Å². The van der Waals surface area contributed by atoms with Crippen LogP contribution in [0, 0.1) is 10.1 Å². The van der Waals surface area contributed by atoms with Gasteiger partial charge < -0.3 is 10.6 Å². The highest BCUT2D eigenvalue weighted by Gasteiger charge is 2.04. The maximum Gasteiger partial charge on any atom is 0.372 e. The number of hydrogen-bond acceptors (Lipinski definition) is 4. The number of urea groups is 1. The molecule has 0 atom stereocenters. The first kappa shape index (κ1) is 11.1. The van der Waals surface area contributed by atoms with Crippen LogP contribution in [0.3, 0.4) is 0 Å². The molecule has 3 N–H and O–H groups in total. The number of carbonyl (C=O) groups excluding carboxylic acids is 2. The molecule has 13 heavy (non-hydrogen) atoms. The Balaban J connectivity index is 3.37. The summed E-state index contributed by atoms with van der Waals surface area (Å²) in [5.41, 5.74) is 1.39. The van der Waals surface area contributed by atoms with Crippen LogP contribution in [0.2, 0.25) is 0 Å². The van der Waals surface area contributed by atoms with Gasteiger partial charge in [0.1, 0.15) is 0 Å². The fourth-order valence-corrected chi connectivity index (χ4v) is 0.537. The molecule has 8 nitrogen and oxygen atoms in total. The summed E-state index contributed by atoms with van der Waals surface area (Å²) in [5, 5.41) is 13.3. The number of amides is 3. The summed E-state index contributed by atoms with van der Waals surface area (Å²) in [7, 11) is 0. The van der Waals surface area contributed by atoms with Crippen LogP contribution in [0.15, 0.2) is 0 Å². The quantitative estimate of drug-likeness (QED) is 0.288. The SMILES string of the molecule is CC(=O)NCCNC(=O)N[N+](=O)[O-]. The number of rotatable bonds is 4. The van der Waals surface area contributed by atoms with Crippen LogP contribution in [-0.2, 0) is 4.79 Å². The van der Waals surface area contributed by atoms with Gasteiger partial charge in [0.25, 0.3) is 0 Å². The molecule has 0 aliphatic carbocycles. The van der Waals surface area contributed by atoms with Gasteiger partial charge in [0, 0.05) is 20.0 Å². The van der Waals surface area contributed by atoms with Gasteiger partial charge in [-0.25, -0.2) is 14.9 Å². The summed E-state index contributed by atoms with van der Waals surface area (Å²) in [6.07, 6.45) is 0. The molecule has 0 aromatic heterocycles. The molecule has 3 amide bonds. The van der Waals surface area contributed by atoms with E-state index >= 15 is 0 Å². The first-order valence-corrected chi connectivity index (χ1v) is 3.45. The van der Waals surface area contributed by atoms with Crippen molar-refractivity contribution in [1.82, 2.24) is 16.1 Å². The number of nitro groups is 1. The van der Waals surface area contributed by atoms with Crippen LogP contribution < -0.4 is 16.1 Å². The summed E-state index contributed by atoms with van der Waals surface area (Å²) in [6, 6.07) is -0.907. The van der Waals surface area contributed by atoms with Gasteiger partial charge in [-0.15, -0.1) is 0 Å². The largest absolute Gasteiger partial charge is 0.372 e. The van der Waals surface area contributed by atoms with Crippen LogP contribution in [0.5, 0.6) is 0 Å². The minimum Gasteiger partial charge on any atom is -0.355 e. The zero-order chi connectivity index (χ0) is 10.3. The molecular formula is C5H10N4O4.